The Morgan fingerprint density at radius 1 is 1.29 bits per heavy atom. The van der Waals surface area contributed by atoms with Crippen molar-refractivity contribution in [1.82, 2.24) is 0 Å². The highest BCUT2D eigenvalue weighted by Gasteiger charge is 2.31. The summed E-state index contributed by atoms with van der Waals surface area (Å²) >= 11 is 0. The largest absolute Gasteiger partial charge is 0.391 e. The molecule has 4 atom stereocenters. The SMILES string of the molecule is C=CCC(=O)[C@@H](O)[C@@H](O)[C@H](O)[C@@H](C)O. The molecule has 0 aromatic rings. The summed E-state index contributed by atoms with van der Waals surface area (Å²) in [6, 6.07) is 0. The third-order valence-electron chi connectivity index (χ3n) is 1.84. The topological polar surface area (TPSA) is 98.0 Å². The summed E-state index contributed by atoms with van der Waals surface area (Å²) in [6.45, 7) is 4.55. The van der Waals surface area contributed by atoms with Gasteiger partial charge in [0.1, 0.15) is 18.3 Å². The highest BCUT2D eigenvalue weighted by Crippen LogP contribution is 2.07. The summed E-state index contributed by atoms with van der Waals surface area (Å²) in [5.41, 5.74) is 0. The number of hydrogen-bond donors (Lipinski definition) is 4. The molecule has 0 spiro atoms. The summed E-state index contributed by atoms with van der Waals surface area (Å²) in [6.07, 6.45) is -4.94. The fourth-order valence-electron chi connectivity index (χ4n) is 0.926. The van der Waals surface area contributed by atoms with Crippen LogP contribution < -0.4 is 0 Å². The molecule has 5 nitrogen and oxygen atoms in total. The first-order chi connectivity index (χ1) is 6.41. The molecule has 0 aliphatic heterocycles. The number of aliphatic hydroxyl groups is 4. The number of Topliss-reactive ketones (excluding diaryl/α,β-unsaturated/α-hetero) is 1. The van der Waals surface area contributed by atoms with Crippen molar-refractivity contribution < 1.29 is 25.2 Å². The Bertz CT molecular complexity index is 201. The second-order valence-corrected chi connectivity index (χ2v) is 3.13. The Kier molecular flexibility index (Phi) is 5.56. The minimum Gasteiger partial charge on any atom is -0.391 e. The van der Waals surface area contributed by atoms with E-state index in [0.29, 0.717) is 0 Å². The van der Waals surface area contributed by atoms with Gasteiger partial charge in [-0.1, -0.05) is 6.08 Å². The molecule has 0 unspecified atom stereocenters. The molecule has 0 aromatic heterocycles. The Morgan fingerprint density at radius 2 is 1.79 bits per heavy atom. The summed E-state index contributed by atoms with van der Waals surface area (Å²) in [5.74, 6) is -0.646. The molecule has 0 amide bonds. The zero-order valence-corrected chi connectivity index (χ0v) is 8.00. The Balaban J connectivity index is 4.29. The van der Waals surface area contributed by atoms with Crippen LogP contribution in [0.1, 0.15) is 13.3 Å². The van der Waals surface area contributed by atoms with Crippen LogP contribution in [0.5, 0.6) is 0 Å². The van der Waals surface area contributed by atoms with Gasteiger partial charge in [0.05, 0.1) is 6.10 Å². The normalized spacial score (nSPS) is 19.5. The molecule has 0 fully saturated rings. The molecule has 0 aliphatic rings. The molecule has 0 aromatic carbocycles. The van der Waals surface area contributed by atoms with Gasteiger partial charge in [0.25, 0.3) is 0 Å². The van der Waals surface area contributed by atoms with Crippen LogP contribution >= 0.6 is 0 Å². The molecular formula is C9H16O5. The number of aliphatic hydroxyl groups excluding tert-OH is 4. The number of rotatable bonds is 6. The fourth-order valence-corrected chi connectivity index (χ4v) is 0.926. The lowest BCUT2D eigenvalue weighted by molar-refractivity contribution is -0.143. The van der Waals surface area contributed by atoms with E-state index in [1.807, 2.05) is 0 Å². The predicted molar refractivity (Wildman–Crippen MR) is 49.5 cm³/mol. The van der Waals surface area contributed by atoms with Crippen molar-refractivity contribution in [3.05, 3.63) is 12.7 Å². The van der Waals surface area contributed by atoms with Crippen molar-refractivity contribution >= 4 is 5.78 Å². The second kappa shape index (κ2) is 5.87. The molecule has 0 saturated heterocycles. The van der Waals surface area contributed by atoms with E-state index in [1.54, 1.807) is 0 Å². The molecule has 82 valence electrons. The highest BCUT2D eigenvalue weighted by atomic mass is 16.4. The third-order valence-corrected chi connectivity index (χ3v) is 1.84. The molecule has 14 heavy (non-hydrogen) atoms. The monoisotopic (exact) mass is 204 g/mol. The van der Waals surface area contributed by atoms with E-state index in [-0.39, 0.29) is 6.42 Å². The van der Waals surface area contributed by atoms with Crippen molar-refractivity contribution in [2.24, 2.45) is 0 Å². The maximum Gasteiger partial charge on any atom is 0.167 e. The first kappa shape index (κ1) is 13.2. The van der Waals surface area contributed by atoms with E-state index >= 15 is 0 Å². The smallest absolute Gasteiger partial charge is 0.167 e. The predicted octanol–water partition coefficient (Wildman–Crippen LogP) is -1.40. The highest BCUT2D eigenvalue weighted by molar-refractivity contribution is 5.84. The van der Waals surface area contributed by atoms with Crippen molar-refractivity contribution in [1.29, 1.82) is 0 Å². The van der Waals surface area contributed by atoms with E-state index in [2.05, 4.69) is 6.58 Å². The Morgan fingerprint density at radius 3 is 2.14 bits per heavy atom. The van der Waals surface area contributed by atoms with Crippen LogP contribution in [0.3, 0.4) is 0 Å². The molecule has 0 rings (SSSR count). The molecule has 0 saturated carbocycles. The van der Waals surface area contributed by atoms with E-state index in [0.717, 1.165) is 0 Å². The van der Waals surface area contributed by atoms with Crippen molar-refractivity contribution in [3.63, 3.8) is 0 Å². The fraction of sp³-hybridized carbons (Fsp3) is 0.667. The summed E-state index contributed by atoms with van der Waals surface area (Å²) < 4.78 is 0. The average Bonchev–Trinajstić information content (AvgIpc) is 2.14. The lowest BCUT2D eigenvalue weighted by atomic mass is 9.99. The van der Waals surface area contributed by atoms with Gasteiger partial charge in [0.2, 0.25) is 0 Å². The minimum absolute atomic E-state index is 0.0925. The van der Waals surface area contributed by atoms with Crippen molar-refractivity contribution in [2.45, 2.75) is 37.8 Å². The van der Waals surface area contributed by atoms with Crippen molar-refractivity contribution in [3.8, 4) is 0 Å². The van der Waals surface area contributed by atoms with E-state index in [1.165, 1.54) is 13.0 Å². The molecule has 4 N–H and O–H groups in total. The third kappa shape index (κ3) is 3.55. The number of hydrogen-bond acceptors (Lipinski definition) is 5. The van der Waals surface area contributed by atoms with Gasteiger partial charge in [-0.3, -0.25) is 4.79 Å². The van der Waals surface area contributed by atoms with Crippen LogP contribution in [-0.2, 0) is 4.79 Å². The van der Waals surface area contributed by atoms with Crippen LogP contribution in [0.15, 0.2) is 12.7 Å². The van der Waals surface area contributed by atoms with Crippen LogP contribution in [-0.4, -0.2) is 50.6 Å². The average molecular weight is 204 g/mol. The minimum atomic E-state index is -1.70. The maximum absolute atomic E-state index is 11.0. The first-order valence-electron chi connectivity index (χ1n) is 4.27. The second-order valence-electron chi connectivity index (χ2n) is 3.13. The Labute approximate surface area is 82.3 Å². The number of allylic oxidation sites excluding steroid dienone is 1. The quantitative estimate of drug-likeness (QED) is 0.399. The zero-order valence-electron chi connectivity index (χ0n) is 8.00. The standard InChI is InChI=1S/C9H16O5/c1-3-4-6(11)8(13)9(14)7(12)5(2)10/h3,5,7-10,12-14H,1,4H2,2H3/t5-,7-,8-,9+/m1/s1. The molecule has 0 aliphatic carbocycles. The van der Waals surface area contributed by atoms with E-state index in [9.17, 15) is 15.0 Å². The Hall–Kier alpha value is -0.750. The van der Waals surface area contributed by atoms with Gasteiger partial charge >= 0.3 is 0 Å². The summed E-state index contributed by atoms with van der Waals surface area (Å²) in [4.78, 5) is 11.0. The molecular weight excluding hydrogens is 188 g/mol. The van der Waals surface area contributed by atoms with Crippen LogP contribution in [0.4, 0.5) is 0 Å². The lowest BCUT2D eigenvalue weighted by Crippen LogP contribution is -2.46. The van der Waals surface area contributed by atoms with Gasteiger partial charge in [-0.25, -0.2) is 0 Å². The molecule has 5 heteroatoms. The zero-order chi connectivity index (χ0) is 11.3. The van der Waals surface area contributed by atoms with Gasteiger partial charge < -0.3 is 20.4 Å². The van der Waals surface area contributed by atoms with Crippen molar-refractivity contribution in [2.75, 3.05) is 0 Å². The van der Waals surface area contributed by atoms with Gasteiger partial charge in [0.15, 0.2) is 5.78 Å². The van der Waals surface area contributed by atoms with Gasteiger partial charge in [0, 0.05) is 6.42 Å². The van der Waals surface area contributed by atoms with Crippen LogP contribution in [0, 0.1) is 0 Å². The molecule has 0 heterocycles. The van der Waals surface area contributed by atoms with Crippen LogP contribution in [0.2, 0.25) is 0 Å². The summed E-state index contributed by atoms with van der Waals surface area (Å²) in [5, 5.41) is 36.5. The first-order valence-corrected chi connectivity index (χ1v) is 4.27. The van der Waals surface area contributed by atoms with E-state index in [4.69, 9.17) is 10.2 Å². The molecule has 0 bridgehead atoms. The lowest BCUT2D eigenvalue weighted by Gasteiger charge is -2.23. The van der Waals surface area contributed by atoms with Gasteiger partial charge in [-0.2, -0.15) is 0 Å². The maximum atomic E-state index is 11.0. The van der Waals surface area contributed by atoms with Gasteiger partial charge in [-0.05, 0) is 6.92 Å². The number of ketones is 1. The number of carbonyl (C=O) groups excluding carboxylic acids is 1. The van der Waals surface area contributed by atoms with Gasteiger partial charge in [-0.15, -0.1) is 6.58 Å². The van der Waals surface area contributed by atoms with Crippen LogP contribution in [0.25, 0.3) is 0 Å². The molecule has 0 radical (unpaired) electrons. The van der Waals surface area contributed by atoms with E-state index < -0.39 is 30.2 Å². The summed E-state index contributed by atoms with van der Waals surface area (Å²) in [7, 11) is 0. The number of carbonyl (C=O) groups is 1.